The lowest BCUT2D eigenvalue weighted by atomic mass is 9.49. The van der Waals surface area contributed by atoms with Crippen LogP contribution in [0.1, 0.15) is 88.9 Å². The predicted molar refractivity (Wildman–Crippen MR) is 194 cm³/mol. The molecule has 14 nitrogen and oxygen atoms in total. The van der Waals surface area contributed by atoms with Crippen LogP contribution in [0.25, 0.3) is 0 Å². The number of carbonyl (C=O) groups excluding carboxylic acids is 6. The smallest absolute Gasteiger partial charge is 0.338 e. The van der Waals surface area contributed by atoms with Gasteiger partial charge in [0.2, 0.25) is 0 Å². The average Bonchev–Trinajstić information content (AvgIpc) is 3.37. The Morgan fingerprint density at radius 3 is 1.73 bits per heavy atom. The van der Waals surface area contributed by atoms with Gasteiger partial charge in [-0.15, -0.1) is 0 Å². The normalized spacial score (nSPS) is 33.2. The number of benzene rings is 2. The Morgan fingerprint density at radius 2 is 1.27 bits per heavy atom. The molecule has 3 fully saturated rings. The van der Waals surface area contributed by atoms with Crippen LogP contribution in [0.2, 0.25) is 0 Å². The number of fused-ring (bicyclic) bond motifs is 4. The molecule has 0 spiro atoms. The van der Waals surface area contributed by atoms with Gasteiger partial charge >= 0.3 is 35.8 Å². The molecule has 6 rings (SSSR count). The molecule has 4 aliphatic rings. The molecule has 0 amide bonds. The quantitative estimate of drug-likeness (QED) is 0.214. The number of aliphatic hydroxyl groups is 1. The minimum Gasteiger partial charge on any atom is -0.462 e. The van der Waals surface area contributed by atoms with Crippen LogP contribution in [-0.2, 0) is 52.3 Å². The highest BCUT2D eigenvalue weighted by molar-refractivity contribution is 5.90. The summed E-state index contributed by atoms with van der Waals surface area (Å²) in [5.41, 5.74) is -6.37. The summed E-state index contributed by atoms with van der Waals surface area (Å²) in [5, 5.41) is 12.7. The third-order valence-electron chi connectivity index (χ3n) is 12.1. The predicted octanol–water partition coefficient (Wildman–Crippen LogP) is 4.45. The van der Waals surface area contributed by atoms with Gasteiger partial charge < -0.3 is 38.3 Å². The summed E-state index contributed by atoms with van der Waals surface area (Å²) in [5.74, 6) is -5.88. The topological polar surface area (TPSA) is 187 Å². The van der Waals surface area contributed by atoms with Gasteiger partial charge in [0.15, 0.2) is 17.8 Å². The SMILES string of the molecule is CC(=O)O[C@H]1C[C@]2(C(C)(C)O)C(=C1C)[C@@H](OC(=O)c1ccccc1)[C@H](OC(=O)c1ccccc1)[C@]1(C)[C@H](OC(C)=O)C[C@H]3OC[C@@]3(OC(C)=O)[C@@H]1[C@H]2OC(C)=O. The Bertz CT molecular complexity index is 1930. The monoisotopic (exact) mass is 776 g/mol. The molecular formula is C42H48O14. The van der Waals surface area contributed by atoms with Crippen LogP contribution in [-0.4, -0.2) is 95.4 Å². The van der Waals surface area contributed by atoms with Crippen LogP contribution < -0.4 is 0 Å². The molecule has 10 atom stereocenters. The Labute approximate surface area is 324 Å². The maximum Gasteiger partial charge on any atom is 0.338 e. The van der Waals surface area contributed by atoms with Crippen molar-refractivity contribution >= 4 is 35.8 Å². The fourth-order valence-corrected chi connectivity index (χ4v) is 9.86. The second kappa shape index (κ2) is 14.8. The van der Waals surface area contributed by atoms with Gasteiger partial charge in [-0.25, -0.2) is 9.59 Å². The van der Waals surface area contributed by atoms with Gasteiger partial charge in [-0.3, -0.25) is 19.2 Å². The standard InChI is InChI=1S/C42H48O14/c1-22-29(51-23(2)43)20-41(39(6,7)49)32(22)33(54-37(47)27-15-11-9-12-16-27)35(55-38(48)28-17-13-10-14-18-28)40(8)30(52-24(3)44)19-31-42(21-50-31,56-26(5)46)34(40)36(41)53-25(4)45/h9-18,29-31,33-36,49H,19-21H2,1-8H3/t29-,30+,31+,33+,34+,35-,36+,40+,41-,42-/m0/s1. The van der Waals surface area contributed by atoms with Gasteiger partial charge in [-0.1, -0.05) is 43.3 Å². The Morgan fingerprint density at radius 1 is 0.732 bits per heavy atom. The molecule has 1 saturated heterocycles. The zero-order chi connectivity index (χ0) is 41.0. The fourth-order valence-electron chi connectivity index (χ4n) is 9.86. The number of esters is 6. The molecule has 0 bridgehead atoms. The largest absolute Gasteiger partial charge is 0.462 e. The highest BCUT2D eigenvalue weighted by atomic mass is 16.6. The van der Waals surface area contributed by atoms with Crippen LogP contribution in [0, 0.1) is 16.7 Å². The van der Waals surface area contributed by atoms with E-state index in [0.29, 0.717) is 5.57 Å². The molecule has 2 saturated carbocycles. The molecule has 2 aromatic carbocycles. The van der Waals surface area contributed by atoms with Gasteiger partial charge in [-0.2, -0.15) is 0 Å². The number of rotatable bonds is 9. The van der Waals surface area contributed by atoms with E-state index >= 15 is 0 Å². The van der Waals surface area contributed by atoms with Gasteiger partial charge in [-0.05, 0) is 56.2 Å². The van der Waals surface area contributed by atoms with Crippen molar-refractivity contribution in [1.29, 1.82) is 0 Å². The van der Waals surface area contributed by atoms with Crippen LogP contribution >= 0.6 is 0 Å². The summed E-state index contributed by atoms with van der Waals surface area (Å²) in [4.78, 5) is 81.1. The van der Waals surface area contributed by atoms with E-state index in [4.69, 9.17) is 33.2 Å². The van der Waals surface area contributed by atoms with Gasteiger partial charge in [0.05, 0.1) is 40.1 Å². The fraction of sp³-hybridized carbons (Fsp3) is 0.524. The summed E-state index contributed by atoms with van der Waals surface area (Å²) in [6.45, 7) is 10.8. The molecule has 2 aromatic rings. The number of carbonyl (C=O) groups is 6. The maximum absolute atomic E-state index is 14.4. The van der Waals surface area contributed by atoms with Crippen molar-refractivity contribution in [2.45, 2.75) is 116 Å². The first kappa shape index (κ1) is 40.6. The molecule has 0 aromatic heterocycles. The second-order valence-corrected chi connectivity index (χ2v) is 15.9. The molecule has 0 radical (unpaired) electrons. The summed E-state index contributed by atoms with van der Waals surface area (Å²) >= 11 is 0. The van der Waals surface area contributed by atoms with Gasteiger partial charge in [0.25, 0.3) is 0 Å². The Kier molecular flexibility index (Phi) is 10.7. The Balaban J connectivity index is 1.77. The molecule has 0 unspecified atom stereocenters. The zero-order valence-corrected chi connectivity index (χ0v) is 32.7. The summed E-state index contributed by atoms with van der Waals surface area (Å²) in [7, 11) is 0. The number of hydrogen-bond donors (Lipinski definition) is 1. The van der Waals surface area contributed by atoms with Crippen LogP contribution in [0.3, 0.4) is 0 Å². The Hall–Kier alpha value is -5.08. The molecule has 56 heavy (non-hydrogen) atoms. The van der Waals surface area contributed by atoms with E-state index in [1.807, 2.05) is 0 Å². The lowest BCUT2D eigenvalue weighted by Crippen LogP contribution is -2.79. The minimum atomic E-state index is -1.92. The molecule has 300 valence electrons. The first-order valence-electron chi connectivity index (χ1n) is 18.6. The first-order chi connectivity index (χ1) is 26.3. The highest BCUT2D eigenvalue weighted by Gasteiger charge is 2.81. The van der Waals surface area contributed by atoms with E-state index in [-0.39, 0.29) is 36.1 Å². The van der Waals surface area contributed by atoms with Crippen molar-refractivity contribution in [2.75, 3.05) is 6.61 Å². The second-order valence-electron chi connectivity index (χ2n) is 15.9. The molecule has 3 aliphatic carbocycles. The lowest BCUT2D eigenvalue weighted by molar-refractivity contribution is -0.352. The van der Waals surface area contributed by atoms with E-state index in [1.165, 1.54) is 65.8 Å². The molecule has 1 aliphatic heterocycles. The maximum atomic E-state index is 14.4. The number of hydrogen-bond acceptors (Lipinski definition) is 14. The average molecular weight is 777 g/mol. The van der Waals surface area contributed by atoms with Crippen molar-refractivity contribution < 1.29 is 67.0 Å². The van der Waals surface area contributed by atoms with Crippen molar-refractivity contribution in [1.82, 2.24) is 0 Å². The molecule has 1 N–H and O–H groups in total. The van der Waals surface area contributed by atoms with E-state index in [2.05, 4.69) is 0 Å². The summed E-state index contributed by atoms with van der Waals surface area (Å²) in [6, 6.07) is 16.1. The lowest BCUT2D eigenvalue weighted by Gasteiger charge is -2.65. The van der Waals surface area contributed by atoms with Crippen molar-refractivity contribution in [2.24, 2.45) is 16.7 Å². The van der Waals surface area contributed by atoms with Crippen molar-refractivity contribution in [3.8, 4) is 0 Å². The van der Waals surface area contributed by atoms with Crippen LogP contribution in [0.4, 0.5) is 0 Å². The van der Waals surface area contributed by atoms with E-state index in [9.17, 15) is 33.9 Å². The zero-order valence-electron chi connectivity index (χ0n) is 32.7. The van der Waals surface area contributed by atoms with Crippen LogP contribution in [0.5, 0.6) is 0 Å². The highest BCUT2D eigenvalue weighted by Crippen LogP contribution is 2.69. The minimum absolute atomic E-state index is 0.0744. The third kappa shape index (κ3) is 6.66. The molecule has 14 heteroatoms. The van der Waals surface area contributed by atoms with Crippen LogP contribution in [0.15, 0.2) is 71.8 Å². The first-order valence-corrected chi connectivity index (χ1v) is 18.6. The summed E-state index contributed by atoms with van der Waals surface area (Å²) in [6.07, 6.45) is -8.25. The van der Waals surface area contributed by atoms with Crippen molar-refractivity contribution in [3.05, 3.63) is 82.9 Å². The summed E-state index contributed by atoms with van der Waals surface area (Å²) < 4.78 is 43.8. The number of ether oxygens (including phenoxy) is 7. The molecular weight excluding hydrogens is 728 g/mol. The van der Waals surface area contributed by atoms with Gasteiger partial charge in [0, 0.05) is 40.5 Å². The van der Waals surface area contributed by atoms with E-state index < -0.39 is 100 Å². The third-order valence-corrected chi connectivity index (χ3v) is 12.1. The molecule has 1 heterocycles. The van der Waals surface area contributed by atoms with Crippen molar-refractivity contribution in [3.63, 3.8) is 0 Å². The van der Waals surface area contributed by atoms with E-state index in [0.717, 1.165) is 0 Å². The van der Waals surface area contributed by atoms with E-state index in [1.54, 1.807) is 50.2 Å². The van der Waals surface area contributed by atoms with Gasteiger partial charge in [0.1, 0.15) is 24.4 Å².